The van der Waals surface area contributed by atoms with E-state index in [9.17, 15) is 4.79 Å². The first kappa shape index (κ1) is 20.8. The molecule has 2 heterocycles. The van der Waals surface area contributed by atoms with Gasteiger partial charge in [0.05, 0.1) is 19.9 Å². The molecule has 1 aliphatic heterocycles. The molecule has 1 saturated heterocycles. The van der Waals surface area contributed by atoms with Gasteiger partial charge in [-0.2, -0.15) is 0 Å². The zero-order valence-electron chi connectivity index (χ0n) is 18.0. The van der Waals surface area contributed by atoms with E-state index in [1.54, 1.807) is 20.4 Å². The van der Waals surface area contributed by atoms with Crippen LogP contribution < -0.4 is 14.4 Å². The third-order valence-electron chi connectivity index (χ3n) is 5.65. The Bertz CT molecular complexity index is 1010. The van der Waals surface area contributed by atoms with Crippen molar-refractivity contribution in [1.82, 2.24) is 14.5 Å². The Hall–Kier alpha value is -3.48. The van der Waals surface area contributed by atoms with Crippen LogP contribution in [0.4, 0.5) is 5.95 Å². The van der Waals surface area contributed by atoms with Crippen LogP contribution in [0.5, 0.6) is 11.5 Å². The van der Waals surface area contributed by atoms with Crippen LogP contribution in [0.25, 0.3) is 5.69 Å². The molecule has 0 radical (unpaired) electrons. The predicted molar refractivity (Wildman–Crippen MR) is 120 cm³/mol. The molecule has 0 bridgehead atoms. The number of benzene rings is 2. The number of carbonyl (C=O) groups excluding carboxylic acids is 1. The van der Waals surface area contributed by atoms with Gasteiger partial charge >= 0.3 is 0 Å². The Morgan fingerprint density at radius 3 is 2.42 bits per heavy atom. The maximum Gasteiger partial charge on any atom is 0.223 e. The number of anilines is 1. The first-order valence-electron chi connectivity index (χ1n) is 10.5. The van der Waals surface area contributed by atoms with Crippen LogP contribution in [-0.4, -0.2) is 60.8 Å². The second kappa shape index (κ2) is 9.55. The first-order valence-corrected chi connectivity index (χ1v) is 10.5. The smallest absolute Gasteiger partial charge is 0.223 e. The van der Waals surface area contributed by atoms with E-state index in [0.717, 1.165) is 48.2 Å². The van der Waals surface area contributed by atoms with Gasteiger partial charge in [-0.05, 0) is 36.2 Å². The number of rotatable bonds is 7. The molecule has 0 unspecified atom stereocenters. The molecule has 0 N–H and O–H groups in total. The SMILES string of the molecule is COc1ccc(CCC(=O)N2CCN(c3nccn3-c3cccc(OC)c3)CC2)cc1. The molecule has 1 aromatic heterocycles. The molecule has 0 aliphatic carbocycles. The van der Waals surface area contributed by atoms with Gasteiger partial charge in [0.25, 0.3) is 0 Å². The van der Waals surface area contributed by atoms with E-state index in [0.29, 0.717) is 19.5 Å². The Morgan fingerprint density at radius 1 is 0.968 bits per heavy atom. The van der Waals surface area contributed by atoms with E-state index in [4.69, 9.17) is 9.47 Å². The molecule has 0 saturated carbocycles. The minimum Gasteiger partial charge on any atom is -0.497 e. The Balaban J connectivity index is 1.33. The largest absolute Gasteiger partial charge is 0.497 e. The molecule has 162 valence electrons. The van der Waals surface area contributed by atoms with E-state index in [1.807, 2.05) is 59.6 Å². The summed E-state index contributed by atoms with van der Waals surface area (Å²) in [6.45, 7) is 2.92. The number of ether oxygens (including phenoxy) is 2. The van der Waals surface area contributed by atoms with Crippen LogP contribution in [0, 0.1) is 0 Å². The summed E-state index contributed by atoms with van der Waals surface area (Å²) < 4.78 is 12.6. The lowest BCUT2D eigenvalue weighted by molar-refractivity contribution is -0.131. The Morgan fingerprint density at radius 2 is 1.71 bits per heavy atom. The van der Waals surface area contributed by atoms with Crippen LogP contribution in [0.3, 0.4) is 0 Å². The molecule has 1 amide bonds. The van der Waals surface area contributed by atoms with Gasteiger partial charge in [0.2, 0.25) is 11.9 Å². The second-order valence-electron chi connectivity index (χ2n) is 7.51. The standard InChI is InChI=1S/C24H28N4O3/c1-30-21-9-6-19(7-10-21)8-11-23(29)26-14-16-27(17-15-26)24-25-12-13-28(24)20-4-3-5-22(18-20)31-2/h3-7,9-10,12-13,18H,8,11,14-17H2,1-2H3. The molecule has 1 fully saturated rings. The molecule has 7 heteroatoms. The molecule has 4 rings (SSSR count). The summed E-state index contributed by atoms with van der Waals surface area (Å²) in [5, 5.41) is 0. The van der Waals surface area contributed by atoms with Gasteiger partial charge in [-0.15, -0.1) is 0 Å². The molecule has 3 aromatic rings. The fraction of sp³-hybridized carbons (Fsp3) is 0.333. The number of aryl methyl sites for hydroxylation is 1. The van der Waals surface area contributed by atoms with Gasteiger partial charge in [-0.1, -0.05) is 18.2 Å². The number of methoxy groups -OCH3 is 2. The summed E-state index contributed by atoms with van der Waals surface area (Å²) >= 11 is 0. The third-order valence-corrected chi connectivity index (χ3v) is 5.65. The highest BCUT2D eigenvalue weighted by Gasteiger charge is 2.23. The van der Waals surface area contributed by atoms with Crippen LogP contribution >= 0.6 is 0 Å². The summed E-state index contributed by atoms with van der Waals surface area (Å²) in [6, 6.07) is 15.8. The minimum atomic E-state index is 0.201. The Kier molecular flexibility index (Phi) is 6.40. The van der Waals surface area contributed by atoms with Crippen molar-refractivity contribution in [3.05, 3.63) is 66.5 Å². The first-order chi connectivity index (χ1) is 15.2. The van der Waals surface area contributed by atoms with Crippen molar-refractivity contribution >= 4 is 11.9 Å². The highest BCUT2D eigenvalue weighted by molar-refractivity contribution is 5.76. The average molecular weight is 421 g/mol. The van der Waals surface area contributed by atoms with Crippen LogP contribution in [-0.2, 0) is 11.2 Å². The maximum absolute atomic E-state index is 12.7. The Labute approximate surface area is 182 Å². The zero-order chi connectivity index (χ0) is 21.6. The summed E-state index contributed by atoms with van der Waals surface area (Å²) in [6.07, 6.45) is 5.02. The second-order valence-corrected chi connectivity index (χ2v) is 7.51. The fourth-order valence-electron chi connectivity index (χ4n) is 3.85. The van der Waals surface area contributed by atoms with Gasteiger partial charge in [0, 0.05) is 51.1 Å². The molecule has 0 spiro atoms. The number of aromatic nitrogens is 2. The zero-order valence-corrected chi connectivity index (χ0v) is 18.0. The van der Waals surface area contributed by atoms with Gasteiger partial charge in [0.15, 0.2) is 0 Å². The molecule has 1 aliphatic rings. The van der Waals surface area contributed by atoms with Gasteiger partial charge in [-0.3, -0.25) is 9.36 Å². The lowest BCUT2D eigenvalue weighted by atomic mass is 10.1. The molecular weight excluding hydrogens is 392 g/mol. The molecule has 2 aromatic carbocycles. The van der Waals surface area contributed by atoms with E-state index >= 15 is 0 Å². The van der Waals surface area contributed by atoms with Crippen molar-refractivity contribution in [2.24, 2.45) is 0 Å². The highest BCUT2D eigenvalue weighted by atomic mass is 16.5. The van der Waals surface area contributed by atoms with E-state index in [-0.39, 0.29) is 5.91 Å². The van der Waals surface area contributed by atoms with Crippen LogP contribution in [0.15, 0.2) is 60.9 Å². The fourth-order valence-corrected chi connectivity index (χ4v) is 3.85. The number of piperazine rings is 1. The van der Waals surface area contributed by atoms with Crippen molar-refractivity contribution in [2.45, 2.75) is 12.8 Å². The molecule has 31 heavy (non-hydrogen) atoms. The van der Waals surface area contributed by atoms with E-state index < -0.39 is 0 Å². The maximum atomic E-state index is 12.7. The number of amides is 1. The van der Waals surface area contributed by atoms with E-state index in [2.05, 4.69) is 14.5 Å². The van der Waals surface area contributed by atoms with Gasteiger partial charge in [0.1, 0.15) is 11.5 Å². The van der Waals surface area contributed by atoms with Crippen molar-refractivity contribution in [3.8, 4) is 17.2 Å². The minimum absolute atomic E-state index is 0.201. The summed E-state index contributed by atoms with van der Waals surface area (Å²) in [5.74, 6) is 2.73. The lowest BCUT2D eigenvalue weighted by Crippen LogP contribution is -2.49. The quantitative estimate of drug-likeness (QED) is 0.588. The third kappa shape index (κ3) is 4.82. The average Bonchev–Trinajstić information content (AvgIpc) is 3.33. The van der Waals surface area contributed by atoms with Crippen molar-refractivity contribution < 1.29 is 14.3 Å². The number of carbonyl (C=O) groups is 1. The molecular formula is C24H28N4O3. The topological polar surface area (TPSA) is 59.8 Å². The monoisotopic (exact) mass is 420 g/mol. The van der Waals surface area contributed by atoms with E-state index in [1.165, 1.54) is 0 Å². The lowest BCUT2D eigenvalue weighted by Gasteiger charge is -2.35. The number of hydrogen-bond acceptors (Lipinski definition) is 5. The normalized spacial score (nSPS) is 13.9. The van der Waals surface area contributed by atoms with Gasteiger partial charge < -0.3 is 19.3 Å². The van der Waals surface area contributed by atoms with Crippen LogP contribution in [0.2, 0.25) is 0 Å². The molecule has 0 atom stereocenters. The summed E-state index contributed by atoms with van der Waals surface area (Å²) in [5.41, 5.74) is 2.15. The summed E-state index contributed by atoms with van der Waals surface area (Å²) in [4.78, 5) is 21.4. The number of hydrogen-bond donors (Lipinski definition) is 0. The van der Waals surface area contributed by atoms with Crippen molar-refractivity contribution in [3.63, 3.8) is 0 Å². The highest BCUT2D eigenvalue weighted by Crippen LogP contribution is 2.23. The van der Waals surface area contributed by atoms with Gasteiger partial charge in [-0.25, -0.2) is 4.98 Å². The molecule has 7 nitrogen and oxygen atoms in total. The van der Waals surface area contributed by atoms with Crippen molar-refractivity contribution in [2.75, 3.05) is 45.3 Å². The summed E-state index contributed by atoms with van der Waals surface area (Å²) in [7, 11) is 3.32. The van der Waals surface area contributed by atoms with Crippen molar-refractivity contribution in [1.29, 1.82) is 0 Å². The predicted octanol–water partition coefficient (Wildman–Crippen LogP) is 3.17. The van der Waals surface area contributed by atoms with Crippen LogP contribution in [0.1, 0.15) is 12.0 Å². The number of imidazole rings is 1. The number of nitrogens with zero attached hydrogens (tertiary/aromatic N) is 4.